The van der Waals surface area contributed by atoms with Crippen molar-refractivity contribution < 1.29 is 19.1 Å². The van der Waals surface area contributed by atoms with E-state index in [1.54, 1.807) is 19.1 Å². The maximum absolute atomic E-state index is 11.4. The molecule has 0 aliphatic heterocycles. The van der Waals surface area contributed by atoms with Crippen molar-refractivity contribution >= 4 is 11.9 Å². The Balaban J connectivity index is 2.40. The van der Waals surface area contributed by atoms with E-state index in [2.05, 4.69) is 0 Å². The topological polar surface area (TPSA) is 52.6 Å². The van der Waals surface area contributed by atoms with Crippen LogP contribution in [0.1, 0.15) is 25.3 Å². The summed E-state index contributed by atoms with van der Waals surface area (Å²) < 4.78 is 9.85. The average Bonchev–Trinajstić information content (AvgIpc) is 2.30. The molecule has 0 fully saturated rings. The summed E-state index contributed by atoms with van der Waals surface area (Å²) in [4.78, 5) is 22.5. The number of rotatable bonds is 5. The lowest BCUT2D eigenvalue weighted by Crippen LogP contribution is -2.12. The monoisotopic (exact) mass is 236 g/mol. The predicted octanol–water partition coefficient (Wildman–Crippen LogP) is 2.24. The van der Waals surface area contributed by atoms with Crippen LogP contribution in [0.15, 0.2) is 24.3 Å². The smallest absolute Gasteiger partial charge is 0.311 e. The van der Waals surface area contributed by atoms with Gasteiger partial charge in [0.15, 0.2) is 0 Å². The fourth-order valence-electron chi connectivity index (χ4n) is 1.28. The Morgan fingerprint density at radius 3 is 2.41 bits per heavy atom. The summed E-state index contributed by atoms with van der Waals surface area (Å²) in [7, 11) is 0. The summed E-state index contributed by atoms with van der Waals surface area (Å²) in [6, 6.07) is 7.23. The minimum Gasteiger partial charge on any atom is -0.466 e. The highest BCUT2D eigenvalue weighted by molar-refractivity contribution is 5.79. The zero-order valence-corrected chi connectivity index (χ0v) is 10.1. The molecule has 0 aliphatic rings. The number of hydrogen-bond donors (Lipinski definition) is 0. The van der Waals surface area contributed by atoms with E-state index in [1.807, 2.05) is 19.1 Å². The van der Waals surface area contributed by atoms with Gasteiger partial charge >= 0.3 is 11.9 Å². The van der Waals surface area contributed by atoms with E-state index in [4.69, 9.17) is 9.47 Å². The Kier molecular flexibility index (Phi) is 5.20. The van der Waals surface area contributed by atoms with Gasteiger partial charge in [0.1, 0.15) is 5.75 Å². The summed E-state index contributed by atoms with van der Waals surface area (Å²) in [5, 5.41) is 0. The second-order valence-corrected chi connectivity index (χ2v) is 3.54. The van der Waals surface area contributed by atoms with Crippen molar-refractivity contribution in [2.45, 2.75) is 26.7 Å². The minimum absolute atomic E-state index is 0.0349. The molecule has 1 aromatic carbocycles. The number of esters is 2. The number of aryl methyl sites for hydroxylation is 1. The van der Waals surface area contributed by atoms with Crippen LogP contribution in [0.5, 0.6) is 5.75 Å². The zero-order chi connectivity index (χ0) is 12.7. The summed E-state index contributed by atoms with van der Waals surface area (Å²) in [5.41, 5.74) is 0.886. The van der Waals surface area contributed by atoms with Gasteiger partial charge in [-0.3, -0.25) is 9.59 Å². The molecule has 0 heterocycles. The summed E-state index contributed by atoms with van der Waals surface area (Å²) in [5.74, 6) is -0.275. The lowest BCUT2D eigenvalue weighted by molar-refractivity contribution is -0.146. The van der Waals surface area contributed by atoms with Crippen LogP contribution in [0, 0.1) is 6.92 Å². The normalized spacial score (nSPS) is 9.76. The van der Waals surface area contributed by atoms with Crippen molar-refractivity contribution in [1.29, 1.82) is 0 Å². The highest BCUT2D eigenvalue weighted by atomic mass is 16.5. The van der Waals surface area contributed by atoms with Crippen LogP contribution in [-0.2, 0) is 14.3 Å². The Morgan fingerprint density at radius 2 is 1.76 bits per heavy atom. The van der Waals surface area contributed by atoms with Crippen molar-refractivity contribution in [3.8, 4) is 5.75 Å². The SMILES string of the molecule is CCOC(=O)CCC(=O)Oc1ccccc1C. The van der Waals surface area contributed by atoms with Crippen LogP contribution in [-0.4, -0.2) is 18.5 Å². The van der Waals surface area contributed by atoms with E-state index in [1.165, 1.54) is 0 Å². The molecule has 0 aromatic heterocycles. The summed E-state index contributed by atoms with van der Waals surface area (Å²) >= 11 is 0. The Bertz CT molecular complexity index is 398. The van der Waals surface area contributed by atoms with E-state index >= 15 is 0 Å². The van der Waals surface area contributed by atoms with Gasteiger partial charge < -0.3 is 9.47 Å². The third kappa shape index (κ3) is 4.68. The molecule has 0 saturated heterocycles. The number of carbonyl (C=O) groups is 2. The van der Waals surface area contributed by atoms with Gasteiger partial charge in [-0.05, 0) is 25.5 Å². The standard InChI is InChI=1S/C13H16O4/c1-3-16-12(14)8-9-13(15)17-11-7-5-4-6-10(11)2/h4-7H,3,8-9H2,1-2H3. The Morgan fingerprint density at radius 1 is 1.12 bits per heavy atom. The highest BCUT2D eigenvalue weighted by Gasteiger charge is 2.10. The maximum Gasteiger partial charge on any atom is 0.311 e. The molecule has 1 rings (SSSR count). The zero-order valence-electron chi connectivity index (χ0n) is 10.1. The molecule has 0 saturated carbocycles. The molecular weight excluding hydrogens is 220 g/mol. The van der Waals surface area contributed by atoms with Crippen LogP contribution in [0.3, 0.4) is 0 Å². The first kappa shape index (κ1) is 13.2. The van der Waals surface area contributed by atoms with Gasteiger partial charge in [0.2, 0.25) is 0 Å². The molecule has 1 aromatic rings. The van der Waals surface area contributed by atoms with E-state index in [0.29, 0.717) is 12.4 Å². The molecule has 0 amide bonds. The second-order valence-electron chi connectivity index (χ2n) is 3.54. The molecule has 0 radical (unpaired) electrons. The van der Waals surface area contributed by atoms with Crippen LogP contribution >= 0.6 is 0 Å². The van der Waals surface area contributed by atoms with E-state index < -0.39 is 5.97 Å². The van der Waals surface area contributed by atoms with Gasteiger partial charge in [-0.2, -0.15) is 0 Å². The summed E-state index contributed by atoms with van der Waals surface area (Å²) in [6.07, 6.45) is 0.0890. The molecule has 0 spiro atoms. The molecule has 17 heavy (non-hydrogen) atoms. The quantitative estimate of drug-likeness (QED) is 0.581. The molecule has 0 N–H and O–H groups in total. The highest BCUT2D eigenvalue weighted by Crippen LogP contribution is 2.16. The molecule has 4 heteroatoms. The van der Waals surface area contributed by atoms with Crippen molar-refractivity contribution in [2.75, 3.05) is 6.61 Å². The number of carbonyl (C=O) groups excluding carboxylic acids is 2. The van der Waals surface area contributed by atoms with Gasteiger partial charge in [0, 0.05) is 0 Å². The van der Waals surface area contributed by atoms with Crippen LogP contribution < -0.4 is 4.74 Å². The first-order valence-corrected chi connectivity index (χ1v) is 5.55. The van der Waals surface area contributed by atoms with Gasteiger partial charge in [0.05, 0.1) is 19.4 Å². The molecule has 0 aliphatic carbocycles. The third-order valence-electron chi connectivity index (χ3n) is 2.16. The Hall–Kier alpha value is -1.84. The molecule has 0 atom stereocenters. The fourth-order valence-corrected chi connectivity index (χ4v) is 1.28. The van der Waals surface area contributed by atoms with E-state index in [0.717, 1.165) is 5.56 Å². The number of hydrogen-bond acceptors (Lipinski definition) is 4. The van der Waals surface area contributed by atoms with E-state index in [9.17, 15) is 9.59 Å². The lowest BCUT2D eigenvalue weighted by atomic mass is 10.2. The maximum atomic E-state index is 11.4. The number of para-hydroxylation sites is 1. The van der Waals surface area contributed by atoms with Gasteiger partial charge in [-0.15, -0.1) is 0 Å². The predicted molar refractivity (Wildman–Crippen MR) is 62.7 cm³/mol. The van der Waals surface area contributed by atoms with Gasteiger partial charge in [0.25, 0.3) is 0 Å². The molecular formula is C13H16O4. The second kappa shape index (κ2) is 6.68. The van der Waals surface area contributed by atoms with Crippen molar-refractivity contribution in [3.05, 3.63) is 29.8 Å². The Labute approximate surface area is 101 Å². The minimum atomic E-state index is -0.424. The van der Waals surface area contributed by atoms with Crippen molar-refractivity contribution in [1.82, 2.24) is 0 Å². The largest absolute Gasteiger partial charge is 0.466 e. The van der Waals surface area contributed by atoms with Crippen LogP contribution in [0.25, 0.3) is 0 Å². The molecule has 4 nitrogen and oxygen atoms in total. The average molecular weight is 236 g/mol. The van der Waals surface area contributed by atoms with Gasteiger partial charge in [-0.25, -0.2) is 0 Å². The van der Waals surface area contributed by atoms with Gasteiger partial charge in [-0.1, -0.05) is 18.2 Å². The molecule has 0 unspecified atom stereocenters. The van der Waals surface area contributed by atoms with Crippen molar-refractivity contribution in [2.24, 2.45) is 0 Å². The molecule has 0 bridgehead atoms. The van der Waals surface area contributed by atoms with Crippen LogP contribution in [0.2, 0.25) is 0 Å². The first-order valence-electron chi connectivity index (χ1n) is 5.55. The third-order valence-corrected chi connectivity index (χ3v) is 2.16. The fraction of sp³-hybridized carbons (Fsp3) is 0.385. The molecule has 92 valence electrons. The number of benzene rings is 1. The lowest BCUT2D eigenvalue weighted by Gasteiger charge is -2.06. The summed E-state index contributed by atoms with van der Waals surface area (Å²) in [6.45, 7) is 3.91. The van der Waals surface area contributed by atoms with E-state index in [-0.39, 0.29) is 18.8 Å². The van der Waals surface area contributed by atoms with Crippen LogP contribution in [0.4, 0.5) is 0 Å². The first-order chi connectivity index (χ1) is 8.13. The number of ether oxygens (including phenoxy) is 2. The van der Waals surface area contributed by atoms with Crippen molar-refractivity contribution in [3.63, 3.8) is 0 Å².